The standard InChI is InChI=1S/C10H12O2S/c1-7(12-8(2)11)9-5-3-4-6-10(9)13/h3-7,13H,1-2H3. The summed E-state index contributed by atoms with van der Waals surface area (Å²) in [5, 5.41) is 0. The molecule has 3 heteroatoms. The van der Waals surface area contributed by atoms with Gasteiger partial charge in [-0.3, -0.25) is 4.79 Å². The van der Waals surface area contributed by atoms with E-state index in [1.807, 2.05) is 31.2 Å². The molecule has 0 heterocycles. The largest absolute Gasteiger partial charge is 0.458 e. The SMILES string of the molecule is CC(=O)OC(C)c1ccccc1S. The minimum atomic E-state index is -0.274. The third-order valence-electron chi connectivity index (χ3n) is 1.72. The van der Waals surface area contributed by atoms with Crippen LogP contribution in [0.15, 0.2) is 29.2 Å². The first-order valence-corrected chi connectivity index (χ1v) is 4.51. The highest BCUT2D eigenvalue weighted by atomic mass is 32.1. The average Bonchev–Trinajstić information content (AvgIpc) is 2.03. The Morgan fingerprint density at radius 3 is 2.62 bits per heavy atom. The van der Waals surface area contributed by atoms with Gasteiger partial charge in [0.15, 0.2) is 0 Å². The second kappa shape index (κ2) is 4.33. The molecule has 13 heavy (non-hydrogen) atoms. The number of carbonyl (C=O) groups excluding carboxylic acids is 1. The summed E-state index contributed by atoms with van der Waals surface area (Å²) in [5.41, 5.74) is 0.932. The first-order valence-electron chi connectivity index (χ1n) is 4.06. The number of benzene rings is 1. The number of esters is 1. The molecule has 0 amide bonds. The third-order valence-corrected chi connectivity index (χ3v) is 2.12. The Balaban J connectivity index is 2.82. The molecule has 0 bridgehead atoms. The molecular formula is C10H12O2S. The van der Waals surface area contributed by atoms with Crippen molar-refractivity contribution in [2.75, 3.05) is 0 Å². The van der Waals surface area contributed by atoms with Gasteiger partial charge < -0.3 is 4.74 Å². The molecule has 1 aromatic carbocycles. The molecule has 0 fully saturated rings. The van der Waals surface area contributed by atoms with Crippen molar-refractivity contribution in [2.45, 2.75) is 24.8 Å². The van der Waals surface area contributed by atoms with Crippen LogP contribution in [0.1, 0.15) is 25.5 Å². The summed E-state index contributed by atoms with van der Waals surface area (Å²) < 4.78 is 5.03. The lowest BCUT2D eigenvalue weighted by Gasteiger charge is -2.13. The molecule has 1 rings (SSSR count). The number of hydrogen-bond acceptors (Lipinski definition) is 3. The Morgan fingerprint density at radius 1 is 1.46 bits per heavy atom. The third kappa shape index (κ3) is 2.77. The predicted octanol–water partition coefficient (Wildman–Crippen LogP) is 2.60. The van der Waals surface area contributed by atoms with Gasteiger partial charge in [-0.05, 0) is 13.0 Å². The zero-order valence-electron chi connectivity index (χ0n) is 7.65. The predicted molar refractivity (Wildman–Crippen MR) is 53.9 cm³/mol. The lowest BCUT2D eigenvalue weighted by Crippen LogP contribution is -2.05. The van der Waals surface area contributed by atoms with Crippen molar-refractivity contribution in [3.63, 3.8) is 0 Å². The van der Waals surface area contributed by atoms with Crippen molar-refractivity contribution in [2.24, 2.45) is 0 Å². The molecule has 0 aliphatic rings. The lowest BCUT2D eigenvalue weighted by molar-refractivity contribution is -0.145. The van der Waals surface area contributed by atoms with Gasteiger partial charge in [0.2, 0.25) is 0 Å². The van der Waals surface area contributed by atoms with E-state index < -0.39 is 0 Å². The zero-order valence-corrected chi connectivity index (χ0v) is 8.54. The quantitative estimate of drug-likeness (QED) is 0.581. The molecule has 70 valence electrons. The summed E-state index contributed by atoms with van der Waals surface area (Å²) in [6.45, 7) is 3.23. The van der Waals surface area contributed by atoms with Crippen LogP contribution in [0, 0.1) is 0 Å². The van der Waals surface area contributed by atoms with Crippen LogP contribution in [0.2, 0.25) is 0 Å². The zero-order chi connectivity index (χ0) is 9.84. The van der Waals surface area contributed by atoms with Gasteiger partial charge in [0.25, 0.3) is 0 Å². The van der Waals surface area contributed by atoms with Gasteiger partial charge in [-0.25, -0.2) is 0 Å². The molecule has 1 unspecified atom stereocenters. The van der Waals surface area contributed by atoms with E-state index in [1.165, 1.54) is 6.92 Å². The monoisotopic (exact) mass is 196 g/mol. The normalized spacial score (nSPS) is 12.2. The van der Waals surface area contributed by atoms with Crippen LogP contribution in [0.3, 0.4) is 0 Å². The highest BCUT2D eigenvalue weighted by Gasteiger charge is 2.10. The minimum Gasteiger partial charge on any atom is -0.458 e. The fourth-order valence-corrected chi connectivity index (χ4v) is 1.49. The molecule has 1 atom stereocenters. The average molecular weight is 196 g/mol. The van der Waals surface area contributed by atoms with Gasteiger partial charge in [0.05, 0.1) is 0 Å². The second-order valence-corrected chi connectivity index (χ2v) is 3.29. The van der Waals surface area contributed by atoms with Crippen molar-refractivity contribution >= 4 is 18.6 Å². The van der Waals surface area contributed by atoms with E-state index in [0.717, 1.165) is 10.5 Å². The first-order chi connectivity index (χ1) is 6.11. The summed E-state index contributed by atoms with van der Waals surface area (Å²) in [4.78, 5) is 11.5. The van der Waals surface area contributed by atoms with E-state index in [2.05, 4.69) is 12.6 Å². The maximum atomic E-state index is 10.7. The topological polar surface area (TPSA) is 26.3 Å². The van der Waals surface area contributed by atoms with E-state index in [-0.39, 0.29) is 12.1 Å². The molecule has 0 N–H and O–H groups in total. The Bertz CT molecular complexity index is 310. The lowest BCUT2D eigenvalue weighted by atomic mass is 10.1. The molecule has 1 aromatic rings. The fraction of sp³-hybridized carbons (Fsp3) is 0.300. The number of carbonyl (C=O) groups is 1. The Morgan fingerprint density at radius 2 is 2.08 bits per heavy atom. The van der Waals surface area contributed by atoms with Crippen molar-refractivity contribution in [3.05, 3.63) is 29.8 Å². The van der Waals surface area contributed by atoms with Crippen molar-refractivity contribution < 1.29 is 9.53 Å². The summed E-state index contributed by atoms with van der Waals surface area (Å²) in [6.07, 6.45) is -0.230. The molecular weight excluding hydrogens is 184 g/mol. The van der Waals surface area contributed by atoms with Crippen molar-refractivity contribution in [1.29, 1.82) is 0 Å². The summed E-state index contributed by atoms with van der Waals surface area (Å²) in [6, 6.07) is 7.57. The molecule has 0 radical (unpaired) electrons. The molecule has 0 saturated carbocycles. The molecule has 0 aliphatic carbocycles. The van der Waals surface area contributed by atoms with Crippen LogP contribution in [0.4, 0.5) is 0 Å². The highest BCUT2D eigenvalue weighted by Crippen LogP contribution is 2.23. The number of hydrogen-bond donors (Lipinski definition) is 1. The number of rotatable bonds is 2. The van der Waals surface area contributed by atoms with Gasteiger partial charge in [-0.2, -0.15) is 0 Å². The van der Waals surface area contributed by atoms with Crippen LogP contribution in [0.25, 0.3) is 0 Å². The Labute approximate surface area is 83.3 Å². The minimum absolute atomic E-state index is 0.230. The highest BCUT2D eigenvalue weighted by molar-refractivity contribution is 7.80. The van der Waals surface area contributed by atoms with Gasteiger partial charge in [0, 0.05) is 17.4 Å². The van der Waals surface area contributed by atoms with E-state index in [0.29, 0.717) is 0 Å². The number of ether oxygens (including phenoxy) is 1. The van der Waals surface area contributed by atoms with E-state index in [1.54, 1.807) is 0 Å². The molecule has 0 saturated heterocycles. The van der Waals surface area contributed by atoms with Gasteiger partial charge in [0.1, 0.15) is 6.10 Å². The Hall–Kier alpha value is -0.960. The first kappa shape index (κ1) is 10.1. The Kier molecular flexibility index (Phi) is 3.37. The molecule has 0 aliphatic heterocycles. The molecule has 2 nitrogen and oxygen atoms in total. The summed E-state index contributed by atoms with van der Waals surface area (Å²) >= 11 is 4.27. The van der Waals surface area contributed by atoms with Crippen LogP contribution in [-0.2, 0) is 9.53 Å². The van der Waals surface area contributed by atoms with Crippen LogP contribution < -0.4 is 0 Å². The van der Waals surface area contributed by atoms with E-state index in [4.69, 9.17) is 4.74 Å². The number of thiol groups is 1. The maximum Gasteiger partial charge on any atom is 0.303 e. The van der Waals surface area contributed by atoms with Gasteiger partial charge >= 0.3 is 5.97 Å². The van der Waals surface area contributed by atoms with E-state index in [9.17, 15) is 4.79 Å². The van der Waals surface area contributed by atoms with Crippen LogP contribution >= 0.6 is 12.6 Å². The maximum absolute atomic E-state index is 10.7. The van der Waals surface area contributed by atoms with Crippen molar-refractivity contribution in [1.82, 2.24) is 0 Å². The van der Waals surface area contributed by atoms with E-state index >= 15 is 0 Å². The van der Waals surface area contributed by atoms with Crippen LogP contribution in [0.5, 0.6) is 0 Å². The van der Waals surface area contributed by atoms with Crippen molar-refractivity contribution in [3.8, 4) is 0 Å². The summed E-state index contributed by atoms with van der Waals surface area (Å²) in [5.74, 6) is -0.274. The fourth-order valence-electron chi connectivity index (χ4n) is 1.14. The van der Waals surface area contributed by atoms with Gasteiger partial charge in [-0.15, -0.1) is 12.6 Å². The van der Waals surface area contributed by atoms with Gasteiger partial charge in [-0.1, -0.05) is 18.2 Å². The molecule has 0 spiro atoms. The summed E-state index contributed by atoms with van der Waals surface area (Å²) in [7, 11) is 0. The van der Waals surface area contributed by atoms with Crippen LogP contribution in [-0.4, -0.2) is 5.97 Å². The molecule has 0 aromatic heterocycles. The smallest absolute Gasteiger partial charge is 0.303 e. The second-order valence-electron chi connectivity index (χ2n) is 2.81.